The molecule has 6 heteroatoms. The summed E-state index contributed by atoms with van der Waals surface area (Å²) in [6, 6.07) is 14.1. The van der Waals surface area contributed by atoms with Gasteiger partial charge in [-0.05, 0) is 41.9 Å². The van der Waals surface area contributed by atoms with Crippen LogP contribution in [0.4, 0.5) is 0 Å². The quantitative estimate of drug-likeness (QED) is 0.557. The van der Waals surface area contributed by atoms with E-state index < -0.39 is 5.60 Å². The first-order chi connectivity index (χ1) is 15.7. The molecule has 2 saturated carbocycles. The lowest BCUT2D eigenvalue weighted by molar-refractivity contribution is -0.149. The van der Waals surface area contributed by atoms with E-state index in [-0.39, 0.29) is 11.8 Å². The summed E-state index contributed by atoms with van der Waals surface area (Å²) < 4.78 is 0. The van der Waals surface area contributed by atoms with E-state index in [1.807, 2.05) is 48.8 Å². The number of aromatic nitrogens is 1. The number of piperidine rings is 1. The first-order valence-electron chi connectivity index (χ1n) is 12.1. The standard InChI is InChI=1S/C26H34N4O2/c31-25(26(32,20-9-3-1-4-10-20)21-11-5-2-6-12-21)29-18-28-24-22-16-30(17-23(22)24)15-19-8-7-13-27-14-19/h1,3-4,7-10,13-14,21-24,28,32H,2,5-6,11-12,15-18H2,(H,29,31)/t22-,23+,24?,26?. The second kappa shape index (κ2) is 9.30. The van der Waals surface area contributed by atoms with E-state index >= 15 is 0 Å². The SMILES string of the molecule is O=C(NCNC1[C@H]2CN(Cc3cccnc3)C[C@@H]12)C(O)(c1ccccc1)C1CCCCC1. The third-order valence-electron chi connectivity index (χ3n) is 7.74. The van der Waals surface area contributed by atoms with E-state index in [2.05, 4.69) is 26.6 Å². The fourth-order valence-corrected chi connectivity index (χ4v) is 5.94. The molecule has 2 heterocycles. The molecule has 1 aliphatic heterocycles. The van der Waals surface area contributed by atoms with Gasteiger partial charge in [-0.3, -0.25) is 20.0 Å². The Bertz CT molecular complexity index is 891. The van der Waals surface area contributed by atoms with E-state index in [1.54, 1.807) is 0 Å². The van der Waals surface area contributed by atoms with Gasteiger partial charge in [0, 0.05) is 44.0 Å². The molecule has 1 amide bonds. The zero-order valence-corrected chi connectivity index (χ0v) is 18.6. The van der Waals surface area contributed by atoms with Crippen LogP contribution in [0.5, 0.6) is 0 Å². The normalized spacial score (nSPS) is 27.5. The van der Waals surface area contributed by atoms with Crippen LogP contribution in [0.3, 0.4) is 0 Å². The van der Waals surface area contributed by atoms with Crippen LogP contribution in [0.1, 0.15) is 43.2 Å². The molecule has 2 unspecified atom stereocenters. The van der Waals surface area contributed by atoms with E-state index in [0.29, 0.717) is 30.1 Å². The first-order valence-corrected chi connectivity index (χ1v) is 12.1. The van der Waals surface area contributed by atoms with Gasteiger partial charge < -0.3 is 10.4 Å². The summed E-state index contributed by atoms with van der Waals surface area (Å²) in [4.78, 5) is 19.9. The van der Waals surface area contributed by atoms with Crippen molar-refractivity contribution in [1.29, 1.82) is 0 Å². The highest BCUT2D eigenvalue weighted by molar-refractivity contribution is 5.86. The average molecular weight is 435 g/mol. The van der Waals surface area contributed by atoms with Crippen molar-refractivity contribution < 1.29 is 9.90 Å². The fourth-order valence-electron chi connectivity index (χ4n) is 5.94. The number of nitrogens with one attached hydrogen (secondary N) is 2. The fraction of sp³-hybridized carbons (Fsp3) is 0.538. The topological polar surface area (TPSA) is 77.5 Å². The molecule has 32 heavy (non-hydrogen) atoms. The number of pyridine rings is 1. The Balaban J connectivity index is 1.13. The Morgan fingerprint density at radius 2 is 1.81 bits per heavy atom. The lowest BCUT2D eigenvalue weighted by Gasteiger charge is -2.37. The largest absolute Gasteiger partial charge is 0.375 e. The van der Waals surface area contributed by atoms with Gasteiger partial charge in [-0.1, -0.05) is 55.7 Å². The molecule has 0 radical (unpaired) electrons. The van der Waals surface area contributed by atoms with E-state index in [0.717, 1.165) is 45.3 Å². The minimum Gasteiger partial charge on any atom is -0.375 e. The van der Waals surface area contributed by atoms with Crippen LogP contribution in [-0.2, 0) is 16.9 Å². The minimum absolute atomic E-state index is 0.0278. The van der Waals surface area contributed by atoms with Crippen LogP contribution >= 0.6 is 0 Å². The van der Waals surface area contributed by atoms with Crippen LogP contribution < -0.4 is 10.6 Å². The molecule has 5 rings (SSSR count). The summed E-state index contributed by atoms with van der Waals surface area (Å²) in [5.41, 5.74) is 0.510. The maximum atomic E-state index is 13.3. The molecular weight excluding hydrogens is 400 g/mol. The number of hydrogen-bond acceptors (Lipinski definition) is 5. The van der Waals surface area contributed by atoms with E-state index in [9.17, 15) is 9.90 Å². The molecule has 2 aromatic rings. The summed E-state index contributed by atoms with van der Waals surface area (Å²) in [7, 11) is 0. The van der Waals surface area contributed by atoms with Gasteiger partial charge in [0.25, 0.3) is 5.91 Å². The molecule has 1 aromatic carbocycles. The number of carbonyl (C=O) groups is 1. The van der Waals surface area contributed by atoms with Gasteiger partial charge in [-0.2, -0.15) is 0 Å². The smallest absolute Gasteiger partial charge is 0.257 e. The molecule has 3 N–H and O–H groups in total. The van der Waals surface area contributed by atoms with Gasteiger partial charge in [-0.25, -0.2) is 0 Å². The van der Waals surface area contributed by atoms with Gasteiger partial charge >= 0.3 is 0 Å². The first kappa shape index (κ1) is 21.6. The average Bonchev–Trinajstić information content (AvgIpc) is 3.30. The van der Waals surface area contributed by atoms with Crippen molar-refractivity contribution >= 4 is 5.91 Å². The Morgan fingerprint density at radius 1 is 1.06 bits per heavy atom. The molecule has 4 atom stereocenters. The molecular formula is C26H34N4O2. The summed E-state index contributed by atoms with van der Waals surface area (Å²) in [5, 5.41) is 18.2. The molecule has 0 spiro atoms. The Morgan fingerprint density at radius 3 is 2.50 bits per heavy atom. The molecule has 3 aliphatic rings. The van der Waals surface area contributed by atoms with Crippen LogP contribution in [0.25, 0.3) is 0 Å². The lowest BCUT2D eigenvalue weighted by Crippen LogP contribution is -2.52. The third kappa shape index (κ3) is 4.32. The monoisotopic (exact) mass is 434 g/mol. The van der Waals surface area contributed by atoms with Crippen LogP contribution in [0, 0.1) is 17.8 Å². The number of nitrogens with zero attached hydrogens (tertiary/aromatic N) is 2. The molecule has 0 bridgehead atoms. The number of amides is 1. The van der Waals surface area contributed by atoms with Crippen LogP contribution in [0.2, 0.25) is 0 Å². The number of aliphatic hydroxyl groups is 1. The number of rotatable bonds is 8. The van der Waals surface area contributed by atoms with Crippen molar-refractivity contribution in [2.45, 2.75) is 50.3 Å². The van der Waals surface area contributed by atoms with Crippen molar-refractivity contribution in [2.75, 3.05) is 19.8 Å². The van der Waals surface area contributed by atoms with Crippen molar-refractivity contribution in [3.05, 3.63) is 66.0 Å². The maximum absolute atomic E-state index is 13.3. The number of likely N-dealkylation sites (tertiary alicyclic amines) is 1. The predicted octanol–water partition coefficient (Wildman–Crippen LogP) is 2.64. The zero-order valence-electron chi connectivity index (χ0n) is 18.6. The second-order valence-corrected chi connectivity index (χ2v) is 9.76. The molecule has 170 valence electrons. The molecule has 2 aliphatic carbocycles. The highest BCUT2D eigenvalue weighted by Crippen LogP contribution is 2.45. The summed E-state index contributed by atoms with van der Waals surface area (Å²) in [6.07, 6.45) is 8.88. The summed E-state index contributed by atoms with van der Waals surface area (Å²) in [6.45, 7) is 3.53. The molecule has 6 nitrogen and oxygen atoms in total. The number of benzene rings is 1. The van der Waals surface area contributed by atoms with E-state index in [4.69, 9.17) is 0 Å². The second-order valence-electron chi connectivity index (χ2n) is 9.76. The highest BCUT2D eigenvalue weighted by atomic mass is 16.3. The summed E-state index contributed by atoms with van der Waals surface area (Å²) >= 11 is 0. The Hall–Kier alpha value is -2.28. The number of hydrogen-bond donors (Lipinski definition) is 3. The zero-order chi connectivity index (χ0) is 22.0. The maximum Gasteiger partial charge on any atom is 0.257 e. The molecule has 1 aromatic heterocycles. The van der Waals surface area contributed by atoms with Crippen molar-refractivity contribution in [3.63, 3.8) is 0 Å². The van der Waals surface area contributed by atoms with Gasteiger partial charge in [0.1, 0.15) is 0 Å². The van der Waals surface area contributed by atoms with Gasteiger partial charge in [0.2, 0.25) is 0 Å². The number of fused-ring (bicyclic) bond motifs is 1. The minimum atomic E-state index is -1.46. The van der Waals surface area contributed by atoms with Crippen LogP contribution in [-0.4, -0.2) is 46.7 Å². The number of carbonyl (C=O) groups excluding carboxylic acids is 1. The van der Waals surface area contributed by atoms with Crippen molar-refractivity contribution in [3.8, 4) is 0 Å². The van der Waals surface area contributed by atoms with Gasteiger partial charge in [0.15, 0.2) is 5.60 Å². The lowest BCUT2D eigenvalue weighted by atomic mass is 9.73. The molecule has 1 saturated heterocycles. The third-order valence-corrected chi connectivity index (χ3v) is 7.74. The van der Waals surface area contributed by atoms with Crippen molar-refractivity contribution in [2.24, 2.45) is 17.8 Å². The Labute approximate surface area is 190 Å². The predicted molar refractivity (Wildman–Crippen MR) is 123 cm³/mol. The van der Waals surface area contributed by atoms with Crippen LogP contribution in [0.15, 0.2) is 54.9 Å². The Kier molecular flexibility index (Phi) is 6.26. The highest BCUT2D eigenvalue weighted by Gasteiger charge is 2.55. The van der Waals surface area contributed by atoms with Crippen molar-refractivity contribution in [1.82, 2.24) is 20.5 Å². The summed E-state index contributed by atoms with van der Waals surface area (Å²) in [5.74, 6) is 0.997. The molecule has 3 fully saturated rings. The van der Waals surface area contributed by atoms with E-state index in [1.165, 1.54) is 12.0 Å². The van der Waals surface area contributed by atoms with Gasteiger partial charge in [0.05, 0.1) is 6.67 Å². The van der Waals surface area contributed by atoms with Gasteiger partial charge in [-0.15, -0.1) is 0 Å².